The van der Waals surface area contributed by atoms with Crippen LogP contribution < -0.4 is 0 Å². The molecule has 1 aliphatic heterocycles. The van der Waals surface area contributed by atoms with Gasteiger partial charge in [-0.05, 0) is 18.7 Å². The molecule has 1 aromatic rings. The van der Waals surface area contributed by atoms with Crippen LogP contribution in [0.2, 0.25) is 0 Å². The number of benzene rings is 1. The lowest BCUT2D eigenvalue weighted by Gasteiger charge is -2.36. The molecule has 124 valence electrons. The Labute approximate surface area is 135 Å². The highest BCUT2D eigenvalue weighted by Crippen LogP contribution is 2.09. The number of likely N-dealkylation sites (N-methyl/N-ethyl adjacent to an activating group) is 1. The van der Waals surface area contributed by atoms with Gasteiger partial charge in [0.2, 0.25) is 0 Å². The van der Waals surface area contributed by atoms with Crippen molar-refractivity contribution < 1.29 is 5.11 Å². The zero-order valence-corrected chi connectivity index (χ0v) is 14.1. The minimum Gasteiger partial charge on any atom is -0.390 e. The Hall–Kier alpha value is -0.940. The highest BCUT2D eigenvalue weighted by Gasteiger charge is 2.20. The first-order valence-corrected chi connectivity index (χ1v) is 8.60. The fourth-order valence-electron chi connectivity index (χ4n) is 3.11. The van der Waals surface area contributed by atoms with Crippen molar-refractivity contribution >= 4 is 0 Å². The van der Waals surface area contributed by atoms with E-state index in [1.165, 1.54) is 5.56 Å². The molecular formula is C18H31N3O. The monoisotopic (exact) mass is 305 g/mol. The van der Waals surface area contributed by atoms with Crippen LogP contribution in [0.15, 0.2) is 30.3 Å². The van der Waals surface area contributed by atoms with E-state index in [1.54, 1.807) is 0 Å². The van der Waals surface area contributed by atoms with Gasteiger partial charge in [0, 0.05) is 45.8 Å². The molecule has 0 aliphatic carbocycles. The minimum atomic E-state index is -0.236. The first-order valence-electron chi connectivity index (χ1n) is 8.60. The van der Waals surface area contributed by atoms with Gasteiger partial charge in [0.05, 0.1) is 6.10 Å². The molecule has 4 heteroatoms. The Morgan fingerprint density at radius 3 is 2.18 bits per heavy atom. The predicted octanol–water partition coefficient (Wildman–Crippen LogP) is 1.51. The number of aliphatic hydroxyl groups is 1. The van der Waals surface area contributed by atoms with Gasteiger partial charge in [-0.15, -0.1) is 0 Å². The predicted molar refractivity (Wildman–Crippen MR) is 92.0 cm³/mol. The average molecular weight is 305 g/mol. The van der Waals surface area contributed by atoms with Gasteiger partial charge in [0.15, 0.2) is 0 Å². The van der Waals surface area contributed by atoms with Crippen LogP contribution in [0.1, 0.15) is 19.4 Å². The number of piperazine rings is 1. The van der Waals surface area contributed by atoms with Gasteiger partial charge < -0.3 is 10.0 Å². The van der Waals surface area contributed by atoms with Gasteiger partial charge in [-0.3, -0.25) is 9.80 Å². The quantitative estimate of drug-likeness (QED) is 0.788. The third kappa shape index (κ3) is 5.69. The highest BCUT2D eigenvalue weighted by atomic mass is 16.3. The molecule has 0 amide bonds. The van der Waals surface area contributed by atoms with Crippen LogP contribution in [0, 0.1) is 0 Å². The molecule has 0 radical (unpaired) electrons. The Bertz CT molecular complexity index is 400. The van der Waals surface area contributed by atoms with Gasteiger partial charge in [-0.25, -0.2) is 0 Å². The summed E-state index contributed by atoms with van der Waals surface area (Å²) in [7, 11) is 0. The Kier molecular flexibility index (Phi) is 7.33. The van der Waals surface area contributed by atoms with E-state index in [4.69, 9.17) is 0 Å². The molecule has 0 saturated carbocycles. The molecule has 22 heavy (non-hydrogen) atoms. The molecular weight excluding hydrogens is 274 g/mol. The van der Waals surface area contributed by atoms with Crippen molar-refractivity contribution in [3.8, 4) is 0 Å². The largest absolute Gasteiger partial charge is 0.390 e. The van der Waals surface area contributed by atoms with Crippen LogP contribution in [0.3, 0.4) is 0 Å². The van der Waals surface area contributed by atoms with Gasteiger partial charge in [0.1, 0.15) is 0 Å². The Morgan fingerprint density at radius 2 is 1.59 bits per heavy atom. The normalized spacial score (nSPS) is 18.7. The Balaban J connectivity index is 1.68. The summed E-state index contributed by atoms with van der Waals surface area (Å²) >= 11 is 0. The van der Waals surface area contributed by atoms with Crippen molar-refractivity contribution in [3.05, 3.63) is 35.9 Å². The number of rotatable bonds is 8. The molecule has 1 saturated heterocycles. The van der Waals surface area contributed by atoms with E-state index in [0.717, 1.165) is 58.9 Å². The maximum Gasteiger partial charge on any atom is 0.0793 e. The number of aliphatic hydroxyl groups excluding tert-OH is 1. The van der Waals surface area contributed by atoms with Gasteiger partial charge in [-0.1, -0.05) is 44.2 Å². The topological polar surface area (TPSA) is 30.0 Å². The molecule has 0 unspecified atom stereocenters. The van der Waals surface area contributed by atoms with Crippen molar-refractivity contribution in [2.45, 2.75) is 26.5 Å². The van der Waals surface area contributed by atoms with Crippen LogP contribution in [-0.2, 0) is 6.54 Å². The summed E-state index contributed by atoms with van der Waals surface area (Å²) in [6.07, 6.45) is -0.236. The van der Waals surface area contributed by atoms with E-state index in [1.807, 2.05) is 0 Å². The van der Waals surface area contributed by atoms with Gasteiger partial charge >= 0.3 is 0 Å². The van der Waals surface area contributed by atoms with Crippen molar-refractivity contribution in [3.63, 3.8) is 0 Å². The van der Waals surface area contributed by atoms with Crippen molar-refractivity contribution in [1.29, 1.82) is 0 Å². The summed E-state index contributed by atoms with van der Waals surface area (Å²) in [4.78, 5) is 7.19. The number of hydrogen-bond donors (Lipinski definition) is 1. The van der Waals surface area contributed by atoms with Crippen LogP contribution in [0.25, 0.3) is 0 Å². The highest BCUT2D eigenvalue weighted by molar-refractivity contribution is 5.14. The summed E-state index contributed by atoms with van der Waals surface area (Å²) in [5.74, 6) is 0. The van der Waals surface area contributed by atoms with Crippen LogP contribution >= 0.6 is 0 Å². The fourth-order valence-corrected chi connectivity index (χ4v) is 3.11. The molecule has 1 aliphatic rings. The molecule has 2 rings (SSSR count). The summed E-state index contributed by atoms with van der Waals surface area (Å²) in [5, 5.41) is 10.2. The van der Waals surface area contributed by atoms with E-state index in [2.05, 4.69) is 58.9 Å². The molecule has 0 bridgehead atoms. The Morgan fingerprint density at radius 1 is 1.00 bits per heavy atom. The van der Waals surface area contributed by atoms with Crippen LogP contribution in [-0.4, -0.2) is 78.3 Å². The van der Waals surface area contributed by atoms with E-state index in [9.17, 15) is 5.11 Å². The van der Waals surface area contributed by atoms with Gasteiger partial charge in [-0.2, -0.15) is 0 Å². The lowest BCUT2D eigenvalue weighted by molar-refractivity contribution is 0.0509. The van der Waals surface area contributed by atoms with E-state index < -0.39 is 0 Å². The molecule has 1 N–H and O–H groups in total. The lowest BCUT2D eigenvalue weighted by atomic mass is 10.2. The second-order valence-electron chi connectivity index (χ2n) is 6.20. The second-order valence-corrected chi connectivity index (χ2v) is 6.20. The van der Waals surface area contributed by atoms with E-state index in [0.29, 0.717) is 0 Å². The number of hydrogen-bond acceptors (Lipinski definition) is 4. The third-order valence-electron chi connectivity index (χ3n) is 4.55. The molecule has 1 atom stereocenters. The number of nitrogens with zero attached hydrogens (tertiary/aromatic N) is 3. The summed E-state index contributed by atoms with van der Waals surface area (Å²) in [6, 6.07) is 10.7. The number of β-amino-alcohol motifs (C(OH)–C–C–N with tert-alkyl or cyclic N) is 1. The SMILES string of the molecule is CCN(CC)C[C@@H](O)CN1CCN(Cc2ccccc2)CC1. The maximum absolute atomic E-state index is 10.2. The zero-order chi connectivity index (χ0) is 15.8. The average Bonchev–Trinajstić information content (AvgIpc) is 2.55. The van der Waals surface area contributed by atoms with E-state index in [-0.39, 0.29) is 6.10 Å². The molecule has 1 fully saturated rings. The summed E-state index contributed by atoms with van der Waals surface area (Å²) in [6.45, 7) is 13.3. The fraction of sp³-hybridized carbons (Fsp3) is 0.667. The molecule has 0 aromatic heterocycles. The molecule has 0 spiro atoms. The molecule has 4 nitrogen and oxygen atoms in total. The zero-order valence-electron chi connectivity index (χ0n) is 14.1. The van der Waals surface area contributed by atoms with E-state index >= 15 is 0 Å². The third-order valence-corrected chi connectivity index (χ3v) is 4.55. The van der Waals surface area contributed by atoms with Gasteiger partial charge in [0.25, 0.3) is 0 Å². The smallest absolute Gasteiger partial charge is 0.0793 e. The van der Waals surface area contributed by atoms with Crippen LogP contribution in [0.4, 0.5) is 0 Å². The second kappa shape index (κ2) is 9.26. The van der Waals surface area contributed by atoms with Crippen LogP contribution in [0.5, 0.6) is 0 Å². The minimum absolute atomic E-state index is 0.236. The summed E-state index contributed by atoms with van der Waals surface area (Å²) < 4.78 is 0. The first-order chi connectivity index (χ1) is 10.7. The first kappa shape index (κ1) is 17.4. The lowest BCUT2D eigenvalue weighted by Crippen LogP contribution is -2.49. The van der Waals surface area contributed by atoms with Crippen molar-refractivity contribution in [2.75, 3.05) is 52.4 Å². The summed E-state index contributed by atoms with van der Waals surface area (Å²) in [5.41, 5.74) is 1.39. The molecule has 1 aromatic carbocycles. The maximum atomic E-state index is 10.2. The standard InChI is InChI=1S/C18H31N3O/c1-3-19(4-2)15-18(22)16-21-12-10-20(11-13-21)14-17-8-6-5-7-9-17/h5-9,18,22H,3-4,10-16H2,1-2H3/t18-/m1/s1. The molecule has 1 heterocycles. The van der Waals surface area contributed by atoms with Crippen molar-refractivity contribution in [1.82, 2.24) is 14.7 Å². The van der Waals surface area contributed by atoms with Crippen molar-refractivity contribution in [2.24, 2.45) is 0 Å².